The summed E-state index contributed by atoms with van der Waals surface area (Å²) in [6, 6.07) is 2.75. The van der Waals surface area contributed by atoms with Crippen LogP contribution in [-0.4, -0.2) is 18.2 Å². The molecule has 0 spiro atoms. The summed E-state index contributed by atoms with van der Waals surface area (Å²) in [6.07, 6.45) is -0.606. The van der Waals surface area contributed by atoms with E-state index >= 15 is 0 Å². The monoisotopic (exact) mass is 272 g/mol. The minimum Gasteiger partial charge on any atom is -0.444 e. The van der Waals surface area contributed by atoms with Gasteiger partial charge in [-0.25, -0.2) is 13.6 Å². The van der Waals surface area contributed by atoms with Crippen LogP contribution in [0.4, 0.5) is 13.6 Å². The molecule has 0 saturated heterocycles. The van der Waals surface area contributed by atoms with Crippen LogP contribution in [0.15, 0.2) is 18.2 Å². The van der Waals surface area contributed by atoms with Crippen LogP contribution in [0.2, 0.25) is 0 Å². The number of halogens is 2. The van der Waals surface area contributed by atoms with Gasteiger partial charge in [0.25, 0.3) is 0 Å². The summed E-state index contributed by atoms with van der Waals surface area (Å²) < 4.78 is 30.8. The number of carbonyl (C=O) groups excluding carboxylic acids is 1. The molecule has 1 aromatic carbocycles. The van der Waals surface area contributed by atoms with Crippen molar-refractivity contribution in [1.29, 1.82) is 0 Å². The lowest BCUT2D eigenvalue weighted by molar-refractivity contribution is 0.0524. The third kappa shape index (κ3) is 5.21. The predicted molar refractivity (Wildman–Crippen MR) is 67.5 cm³/mol. The second kappa shape index (κ2) is 5.97. The zero-order valence-electron chi connectivity index (χ0n) is 11.2. The van der Waals surface area contributed by atoms with E-state index in [-0.39, 0.29) is 6.54 Å². The van der Waals surface area contributed by atoms with E-state index in [1.807, 2.05) is 0 Å². The highest BCUT2D eigenvalue weighted by molar-refractivity contribution is 5.67. The van der Waals surface area contributed by atoms with Gasteiger partial charge in [-0.3, -0.25) is 0 Å². The molecule has 19 heavy (non-hydrogen) atoms. The highest BCUT2D eigenvalue weighted by Gasteiger charge is 2.17. The van der Waals surface area contributed by atoms with E-state index < -0.39 is 29.4 Å². The van der Waals surface area contributed by atoms with E-state index in [2.05, 4.69) is 5.32 Å². The van der Waals surface area contributed by atoms with Crippen LogP contribution in [0, 0.1) is 11.6 Å². The van der Waals surface area contributed by atoms with Crippen LogP contribution in [0.3, 0.4) is 0 Å². The van der Waals surface area contributed by atoms with Gasteiger partial charge >= 0.3 is 6.09 Å². The Kier molecular flexibility index (Phi) is 4.83. The Morgan fingerprint density at radius 3 is 2.53 bits per heavy atom. The lowest BCUT2D eigenvalue weighted by Gasteiger charge is -2.21. The number of benzene rings is 1. The molecule has 0 bridgehead atoms. The SMILES string of the molecule is CC(C)(C)OC(=O)NC[C@@H](N)c1ccc(F)c(F)c1. The van der Waals surface area contributed by atoms with Gasteiger partial charge < -0.3 is 15.8 Å². The second-order valence-electron chi connectivity index (χ2n) is 5.16. The van der Waals surface area contributed by atoms with E-state index in [0.717, 1.165) is 12.1 Å². The van der Waals surface area contributed by atoms with Gasteiger partial charge in [-0.1, -0.05) is 6.07 Å². The van der Waals surface area contributed by atoms with Crippen LogP contribution in [-0.2, 0) is 4.74 Å². The number of ether oxygens (including phenoxy) is 1. The lowest BCUT2D eigenvalue weighted by Crippen LogP contribution is -2.36. The van der Waals surface area contributed by atoms with Gasteiger partial charge in [0.1, 0.15) is 5.60 Å². The van der Waals surface area contributed by atoms with Crippen molar-refractivity contribution < 1.29 is 18.3 Å². The Balaban J connectivity index is 2.53. The number of alkyl carbamates (subject to hydrolysis) is 1. The predicted octanol–water partition coefficient (Wildman–Crippen LogP) is 2.49. The van der Waals surface area contributed by atoms with Gasteiger partial charge in [0.2, 0.25) is 0 Å². The molecule has 0 aliphatic heterocycles. The van der Waals surface area contributed by atoms with Crippen molar-refractivity contribution in [3.63, 3.8) is 0 Å². The van der Waals surface area contributed by atoms with Gasteiger partial charge in [-0.05, 0) is 38.5 Å². The van der Waals surface area contributed by atoms with Crippen LogP contribution in [0.5, 0.6) is 0 Å². The number of nitrogens with two attached hydrogens (primary N) is 1. The molecule has 1 amide bonds. The minimum atomic E-state index is -0.967. The summed E-state index contributed by atoms with van der Waals surface area (Å²) in [5.74, 6) is -1.90. The van der Waals surface area contributed by atoms with Gasteiger partial charge in [0.05, 0.1) is 0 Å². The van der Waals surface area contributed by atoms with Crippen molar-refractivity contribution in [1.82, 2.24) is 5.32 Å². The normalized spacial score (nSPS) is 12.9. The van der Waals surface area contributed by atoms with Crippen molar-refractivity contribution in [3.05, 3.63) is 35.4 Å². The van der Waals surface area contributed by atoms with Crippen LogP contribution >= 0.6 is 0 Å². The van der Waals surface area contributed by atoms with E-state index in [1.54, 1.807) is 20.8 Å². The van der Waals surface area contributed by atoms with Gasteiger partial charge in [0, 0.05) is 12.6 Å². The lowest BCUT2D eigenvalue weighted by atomic mass is 10.1. The fourth-order valence-corrected chi connectivity index (χ4v) is 1.37. The molecule has 0 aliphatic rings. The zero-order valence-corrected chi connectivity index (χ0v) is 11.2. The highest BCUT2D eigenvalue weighted by Crippen LogP contribution is 2.14. The molecule has 0 saturated carbocycles. The van der Waals surface area contributed by atoms with Gasteiger partial charge in [-0.15, -0.1) is 0 Å². The molecule has 0 fully saturated rings. The Labute approximate surface area is 110 Å². The van der Waals surface area contributed by atoms with E-state index in [1.165, 1.54) is 6.07 Å². The molecule has 1 rings (SSSR count). The minimum absolute atomic E-state index is 0.0694. The molecule has 4 nitrogen and oxygen atoms in total. The highest BCUT2D eigenvalue weighted by atomic mass is 19.2. The molecule has 0 heterocycles. The van der Waals surface area contributed by atoms with Crippen molar-refractivity contribution >= 4 is 6.09 Å². The maximum atomic E-state index is 13.0. The quantitative estimate of drug-likeness (QED) is 0.888. The van der Waals surface area contributed by atoms with Crippen LogP contribution in [0.25, 0.3) is 0 Å². The Morgan fingerprint density at radius 1 is 1.37 bits per heavy atom. The first-order valence-corrected chi connectivity index (χ1v) is 5.86. The summed E-state index contributed by atoms with van der Waals surface area (Å²) in [5, 5.41) is 2.47. The second-order valence-corrected chi connectivity index (χ2v) is 5.16. The molecule has 0 aliphatic carbocycles. The van der Waals surface area contributed by atoms with Crippen molar-refractivity contribution in [2.45, 2.75) is 32.4 Å². The molecule has 3 N–H and O–H groups in total. The molecular formula is C13H18F2N2O2. The molecule has 1 atom stereocenters. The molecule has 1 aromatic rings. The van der Waals surface area contributed by atoms with Gasteiger partial charge in [0.15, 0.2) is 11.6 Å². The topological polar surface area (TPSA) is 64.3 Å². The van der Waals surface area contributed by atoms with Crippen LogP contribution < -0.4 is 11.1 Å². The summed E-state index contributed by atoms with van der Waals surface area (Å²) >= 11 is 0. The molecule has 106 valence electrons. The first-order valence-electron chi connectivity index (χ1n) is 5.86. The average molecular weight is 272 g/mol. The van der Waals surface area contributed by atoms with Crippen molar-refractivity contribution in [3.8, 4) is 0 Å². The largest absolute Gasteiger partial charge is 0.444 e. The molecule has 0 unspecified atom stereocenters. The molecule has 0 aromatic heterocycles. The first kappa shape index (κ1) is 15.4. The summed E-state index contributed by atoms with van der Waals surface area (Å²) in [6.45, 7) is 5.28. The van der Waals surface area contributed by atoms with Crippen molar-refractivity contribution in [2.24, 2.45) is 5.73 Å². The third-order valence-electron chi connectivity index (χ3n) is 2.24. The maximum Gasteiger partial charge on any atom is 0.407 e. The molecular weight excluding hydrogens is 254 g/mol. The average Bonchev–Trinajstić information content (AvgIpc) is 2.27. The van der Waals surface area contributed by atoms with Gasteiger partial charge in [-0.2, -0.15) is 0 Å². The third-order valence-corrected chi connectivity index (χ3v) is 2.24. The molecule has 0 radical (unpaired) electrons. The fraction of sp³-hybridized carbons (Fsp3) is 0.462. The first-order chi connectivity index (χ1) is 8.69. The number of nitrogens with one attached hydrogen (secondary N) is 1. The Morgan fingerprint density at radius 2 is 2.00 bits per heavy atom. The molecule has 6 heteroatoms. The number of hydrogen-bond acceptors (Lipinski definition) is 3. The van der Waals surface area contributed by atoms with E-state index in [9.17, 15) is 13.6 Å². The fourth-order valence-electron chi connectivity index (χ4n) is 1.37. The van der Waals surface area contributed by atoms with E-state index in [0.29, 0.717) is 5.56 Å². The number of rotatable bonds is 3. The number of amides is 1. The summed E-state index contributed by atoms with van der Waals surface area (Å²) in [4.78, 5) is 11.4. The van der Waals surface area contributed by atoms with Crippen LogP contribution in [0.1, 0.15) is 32.4 Å². The summed E-state index contributed by atoms with van der Waals surface area (Å²) in [7, 11) is 0. The Hall–Kier alpha value is -1.69. The Bertz CT molecular complexity index is 458. The summed E-state index contributed by atoms with van der Waals surface area (Å²) in [5.41, 5.74) is 5.56. The zero-order chi connectivity index (χ0) is 14.6. The number of hydrogen-bond donors (Lipinski definition) is 2. The van der Waals surface area contributed by atoms with E-state index in [4.69, 9.17) is 10.5 Å². The maximum absolute atomic E-state index is 13.0. The van der Waals surface area contributed by atoms with Crippen molar-refractivity contribution in [2.75, 3.05) is 6.54 Å². The standard InChI is InChI=1S/C13H18F2N2O2/c1-13(2,3)19-12(18)17-7-11(16)8-4-5-9(14)10(15)6-8/h4-6,11H,7,16H2,1-3H3,(H,17,18)/t11-/m1/s1. The number of carbonyl (C=O) groups is 1. The smallest absolute Gasteiger partial charge is 0.407 e.